The van der Waals surface area contributed by atoms with Gasteiger partial charge in [-0.1, -0.05) is 11.6 Å². The van der Waals surface area contributed by atoms with Crippen molar-refractivity contribution in [3.63, 3.8) is 0 Å². The topological polar surface area (TPSA) is 80.5 Å². The summed E-state index contributed by atoms with van der Waals surface area (Å²) in [6.07, 6.45) is 1.42. The molecule has 1 unspecified atom stereocenters. The lowest BCUT2D eigenvalue weighted by atomic mass is 10.2. The maximum Gasteiger partial charge on any atom is 0.252 e. The monoisotopic (exact) mass is 284 g/mol. The van der Waals surface area contributed by atoms with Crippen LogP contribution in [0.2, 0.25) is 5.02 Å². The van der Waals surface area contributed by atoms with Gasteiger partial charge in [-0.2, -0.15) is 0 Å². The van der Waals surface area contributed by atoms with Crippen LogP contribution < -0.4 is 11.1 Å². The molecule has 1 atom stereocenters. The summed E-state index contributed by atoms with van der Waals surface area (Å²) >= 11 is 5.83. The third-order valence-electron chi connectivity index (χ3n) is 2.96. The van der Waals surface area contributed by atoms with Crippen molar-refractivity contribution in [3.8, 4) is 0 Å². The number of likely N-dealkylation sites (N-methyl/N-ethyl adjacent to an activating group) is 1. The van der Waals surface area contributed by atoms with Gasteiger partial charge in [0.2, 0.25) is 0 Å². The Labute approximate surface area is 116 Å². The first-order valence-electron chi connectivity index (χ1n) is 6.05. The molecule has 3 N–H and O–H groups in total. The van der Waals surface area contributed by atoms with Crippen LogP contribution in [0.5, 0.6) is 0 Å². The van der Waals surface area contributed by atoms with Gasteiger partial charge in [0.1, 0.15) is 5.82 Å². The summed E-state index contributed by atoms with van der Waals surface area (Å²) in [5.41, 5.74) is 5.89. The Bertz CT molecular complexity index is 469. The smallest absolute Gasteiger partial charge is 0.252 e. The number of halogens is 1. The molecule has 2 heterocycles. The van der Waals surface area contributed by atoms with Gasteiger partial charge in [-0.15, -0.1) is 0 Å². The van der Waals surface area contributed by atoms with E-state index in [1.54, 1.807) is 0 Å². The predicted molar refractivity (Wildman–Crippen MR) is 73.2 cm³/mol. The van der Waals surface area contributed by atoms with E-state index >= 15 is 0 Å². The molecule has 1 amide bonds. The Balaban J connectivity index is 1.88. The second kappa shape index (κ2) is 6.18. The van der Waals surface area contributed by atoms with Gasteiger partial charge in [0.05, 0.1) is 23.3 Å². The molecular weight excluding hydrogens is 268 g/mol. The molecular formula is C12H17ClN4O2. The van der Waals surface area contributed by atoms with Crippen molar-refractivity contribution >= 4 is 23.3 Å². The van der Waals surface area contributed by atoms with Gasteiger partial charge in [-0.25, -0.2) is 4.98 Å². The number of carbonyl (C=O) groups excluding carboxylic acids is 1. The van der Waals surface area contributed by atoms with Crippen molar-refractivity contribution in [2.24, 2.45) is 0 Å². The Kier molecular flexibility index (Phi) is 4.57. The number of nitrogens with two attached hydrogens (primary N) is 1. The highest BCUT2D eigenvalue weighted by Gasteiger charge is 2.18. The molecule has 0 aliphatic carbocycles. The van der Waals surface area contributed by atoms with Crippen LogP contribution in [0.25, 0.3) is 0 Å². The third-order valence-corrected chi connectivity index (χ3v) is 3.27. The molecule has 1 saturated heterocycles. The molecule has 0 aromatic carbocycles. The van der Waals surface area contributed by atoms with Crippen LogP contribution in [0.3, 0.4) is 0 Å². The zero-order valence-electron chi connectivity index (χ0n) is 10.7. The highest BCUT2D eigenvalue weighted by atomic mass is 35.5. The number of amides is 1. The van der Waals surface area contributed by atoms with Gasteiger partial charge >= 0.3 is 0 Å². The lowest BCUT2D eigenvalue weighted by molar-refractivity contribution is -0.0175. The fraction of sp³-hybridized carbons (Fsp3) is 0.500. The average molecular weight is 285 g/mol. The van der Waals surface area contributed by atoms with Gasteiger partial charge in [0, 0.05) is 25.8 Å². The van der Waals surface area contributed by atoms with Crippen LogP contribution in [0.1, 0.15) is 10.4 Å². The number of morpholine rings is 1. The van der Waals surface area contributed by atoms with Crippen molar-refractivity contribution in [1.82, 2.24) is 15.2 Å². The molecule has 0 bridgehead atoms. The first-order chi connectivity index (χ1) is 9.06. The normalized spacial score (nSPS) is 20.2. The second-order valence-corrected chi connectivity index (χ2v) is 4.96. The van der Waals surface area contributed by atoms with Gasteiger partial charge in [0.25, 0.3) is 5.91 Å². The third kappa shape index (κ3) is 3.79. The number of nitrogen functional groups attached to an aromatic ring is 1. The minimum Gasteiger partial charge on any atom is -0.382 e. The van der Waals surface area contributed by atoms with Gasteiger partial charge < -0.3 is 20.7 Å². The van der Waals surface area contributed by atoms with Gasteiger partial charge in [-0.3, -0.25) is 4.79 Å². The van der Waals surface area contributed by atoms with E-state index in [9.17, 15) is 4.79 Å². The van der Waals surface area contributed by atoms with E-state index in [0.29, 0.717) is 18.7 Å². The minimum absolute atomic E-state index is 0.0138. The molecule has 19 heavy (non-hydrogen) atoms. The predicted octanol–water partition coefficient (Wildman–Crippen LogP) is 0.378. The van der Waals surface area contributed by atoms with Crippen LogP contribution in [0.4, 0.5) is 5.82 Å². The maximum absolute atomic E-state index is 11.9. The number of rotatable bonds is 3. The summed E-state index contributed by atoms with van der Waals surface area (Å²) < 4.78 is 5.56. The fourth-order valence-corrected chi connectivity index (χ4v) is 2.04. The lowest BCUT2D eigenvalue weighted by Crippen LogP contribution is -2.45. The van der Waals surface area contributed by atoms with Gasteiger partial charge in [-0.05, 0) is 13.1 Å². The summed E-state index contributed by atoms with van der Waals surface area (Å²) in [6, 6.07) is 1.51. The van der Waals surface area contributed by atoms with Crippen molar-refractivity contribution in [2.45, 2.75) is 6.10 Å². The zero-order chi connectivity index (χ0) is 13.8. The van der Waals surface area contributed by atoms with Crippen LogP contribution >= 0.6 is 11.6 Å². The molecule has 1 aromatic heterocycles. The van der Waals surface area contributed by atoms with Crippen molar-refractivity contribution in [2.75, 3.05) is 39.0 Å². The van der Waals surface area contributed by atoms with Crippen LogP contribution in [0.15, 0.2) is 12.3 Å². The molecule has 1 aromatic rings. The SMILES string of the molecule is CN1CCOC(CNC(=O)c2cnc(N)c(Cl)c2)C1. The van der Waals surface area contributed by atoms with E-state index in [1.165, 1.54) is 12.3 Å². The highest BCUT2D eigenvalue weighted by Crippen LogP contribution is 2.16. The largest absolute Gasteiger partial charge is 0.382 e. The quantitative estimate of drug-likeness (QED) is 0.839. The van der Waals surface area contributed by atoms with Crippen molar-refractivity contribution in [1.29, 1.82) is 0 Å². The van der Waals surface area contributed by atoms with Crippen molar-refractivity contribution in [3.05, 3.63) is 22.8 Å². The highest BCUT2D eigenvalue weighted by molar-refractivity contribution is 6.33. The van der Waals surface area contributed by atoms with Crippen LogP contribution in [0, 0.1) is 0 Å². The number of ether oxygens (including phenoxy) is 1. The van der Waals surface area contributed by atoms with Crippen molar-refractivity contribution < 1.29 is 9.53 Å². The number of carbonyl (C=O) groups is 1. The number of nitrogens with one attached hydrogen (secondary N) is 1. The van der Waals surface area contributed by atoms with E-state index in [-0.39, 0.29) is 22.9 Å². The van der Waals surface area contributed by atoms with E-state index in [2.05, 4.69) is 15.2 Å². The summed E-state index contributed by atoms with van der Waals surface area (Å²) in [4.78, 5) is 17.9. The Hall–Kier alpha value is -1.37. The molecule has 7 heteroatoms. The Morgan fingerprint density at radius 3 is 3.21 bits per heavy atom. The second-order valence-electron chi connectivity index (χ2n) is 4.56. The van der Waals surface area contributed by atoms with E-state index in [4.69, 9.17) is 22.1 Å². The minimum atomic E-state index is -0.230. The van der Waals surface area contributed by atoms with E-state index in [0.717, 1.165) is 13.1 Å². The average Bonchev–Trinajstić information content (AvgIpc) is 2.39. The molecule has 0 saturated carbocycles. The summed E-state index contributed by atoms with van der Waals surface area (Å²) in [7, 11) is 2.03. The molecule has 6 nitrogen and oxygen atoms in total. The van der Waals surface area contributed by atoms with E-state index < -0.39 is 0 Å². The molecule has 104 valence electrons. The molecule has 0 radical (unpaired) electrons. The Morgan fingerprint density at radius 2 is 2.53 bits per heavy atom. The van der Waals surface area contributed by atoms with Gasteiger partial charge in [0.15, 0.2) is 0 Å². The summed E-state index contributed by atoms with van der Waals surface area (Å²) in [6.45, 7) is 2.88. The standard InChI is InChI=1S/C12H17ClN4O2/c1-17-2-3-19-9(7-17)6-16-12(18)8-4-10(13)11(14)15-5-8/h4-5,9H,2-3,6-7H2,1H3,(H2,14,15)(H,16,18). The summed E-state index contributed by atoms with van der Waals surface area (Å²) in [5, 5.41) is 3.08. The van der Waals surface area contributed by atoms with Crippen LogP contribution in [-0.4, -0.2) is 55.2 Å². The molecule has 1 fully saturated rings. The summed E-state index contributed by atoms with van der Waals surface area (Å²) in [5.74, 6) is -0.0123. The maximum atomic E-state index is 11.9. The molecule has 0 spiro atoms. The van der Waals surface area contributed by atoms with E-state index in [1.807, 2.05) is 7.05 Å². The number of aromatic nitrogens is 1. The number of nitrogens with zero attached hydrogens (tertiary/aromatic N) is 2. The number of hydrogen-bond donors (Lipinski definition) is 2. The van der Waals surface area contributed by atoms with Crippen LogP contribution in [-0.2, 0) is 4.74 Å². The lowest BCUT2D eigenvalue weighted by Gasteiger charge is -2.30. The molecule has 2 rings (SSSR count). The number of pyridine rings is 1. The number of anilines is 1. The molecule has 1 aliphatic heterocycles. The fourth-order valence-electron chi connectivity index (χ4n) is 1.87. The Morgan fingerprint density at radius 1 is 1.74 bits per heavy atom. The zero-order valence-corrected chi connectivity index (χ0v) is 11.5. The molecule has 1 aliphatic rings. The number of hydrogen-bond acceptors (Lipinski definition) is 5. The first-order valence-corrected chi connectivity index (χ1v) is 6.43. The first kappa shape index (κ1) is 14.0.